The predicted molar refractivity (Wildman–Crippen MR) is 108 cm³/mol. The van der Waals surface area contributed by atoms with Gasteiger partial charge in [0, 0.05) is 12.4 Å². The molecule has 0 saturated heterocycles. The van der Waals surface area contributed by atoms with E-state index in [1.165, 1.54) is 22.8 Å². The number of benzene rings is 2. The Balaban J connectivity index is 1.94. The smallest absolute Gasteiger partial charge is 0.240 e. The minimum absolute atomic E-state index is 0.135. The summed E-state index contributed by atoms with van der Waals surface area (Å²) in [6.45, 7) is 0. The first-order valence-corrected chi connectivity index (χ1v) is 9.74. The number of rotatable bonds is 3. The molecule has 0 amide bonds. The van der Waals surface area contributed by atoms with E-state index in [4.69, 9.17) is 22.6 Å². The maximum Gasteiger partial charge on any atom is 0.240 e. The molecule has 0 aliphatic rings. The van der Waals surface area contributed by atoms with E-state index in [0.29, 0.717) is 16.5 Å². The number of nitrogens with zero attached hydrogens (tertiary/aromatic N) is 4. The Labute approximate surface area is 165 Å². The van der Waals surface area contributed by atoms with Gasteiger partial charge in [0.2, 0.25) is 21.0 Å². The number of nitrogens with one attached hydrogen (secondary N) is 1. The molecule has 0 spiro atoms. The molecule has 2 aromatic carbocycles. The first-order chi connectivity index (χ1) is 13.2. The van der Waals surface area contributed by atoms with E-state index in [1.54, 1.807) is 31.3 Å². The number of hydrogen-bond donors (Lipinski definition) is 3. The summed E-state index contributed by atoms with van der Waals surface area (Å²) < 4.78 is 24.8. The van der Waals surface area contributed by atoms with Crippen LogP contribution in [0, 0.1) is 11.3 Å². The topological polar surface area (TPSA) is 146 Å². The van der Waals surface area contributed by atoms with Gasteiger partial charge >= 0.3 is 0 Å². The molecule has 0 atom stereocenters. The number of aromatic nitrogens is 1. The number of fused-ring (bicyclic) bond motifs is 1. The van der Waals surface area contributed by atoms with Crippen LogP contribution in [-0.4, -0.2) is 23.2 Å². The number of anilines is 1. The minimum Gasteiger partial charge on any atom is -0.493 e. The van der Waals surface area contributed by atoms with Gasteiger partial charge in [-0.1, -0.05) is 12.1 Å². The van der Waals surface area contributed by atoms with Crippen molar-refractivity contribution in [3.05, 3.63) is 48.0 Å². The summed E-state index contributed by atoms with van der Waals surface area (Å²) in [6, 6.07) is 12.9. The van der Waals surface area contributed by atoms with Crippen LogP contribution >= 0.6 is 12.2 Å². The molecule has 0 aliphatic carbocycles. The van der Waals surface area contributed by atoms with Crippen molar-refractivity contribution in [3.8, 4) is 11.9 Å². The summed E-state index contributed by atoms with van der Waals surface area (Å²) in [5.41, 5.74) is 1.35. The van der Waals surface area contributed by atoms with Crippen LogP contribution in [0.5, 0.6) is 5.88 Å². The highest BCUT2D eigenvalue weighted by molar-refractivity contribution is 7.89. The lowest BCUT2D eigenvalue weighted by molar-refractivity contribution is 0.436. The fourth-order valence-electron chi connectivity index (χ4n) is 2.63. The highest BCUT2D eigenvalue weighted by Gasteiger charge is 2.16. The first-order valence-electron chi connectivity index (χ1n) is 7.78. The van der Waals surface area contributed by atoms with Gasteiger partial charge in [0.1, 0.15) is 4.90 Å². The predicted octanol–water partition coefficient (Wildman–Crippen LogP) is 2.88. The number of thiocarbonyl (C=S) groups is 1. The maximum absolute atomic E-state index is 11.6. The second-order valence-electron chi connectivity index (χ2n) is 5.75. The second kappa shape index (κ2) is 7.35. The molecule has 0 radical (unpaired) electrons. The Morgan fingerprint density at radius 3 is 2.71 bits per heavy atom. The molecule has 0 aliphatic heterocycles. The van der Waals surface area contributed by atoms with Gasteiger partial charge in [-0.2, -0.15) is 5.26 Å². The Bertz CT molecular complexity index is 1270. The summed E-state index contributed by atoms with van der Waals surface area (Å²) in [5.74, 6) is -0.151. The highest BCUT2D eigenvalue weighted by atomic mass is 32.2. The van der Waals surface area contributed by atoms with E-state index in [1.807, 2.05) is 6.07 Å². The lowest BCUT2D eigenvalue weighted by Gasteiger charge is -2.08. The number of hydrogen-bond acceptors (Lipinski definition) is 6. The lowest BCUT2D eigenvalue weighted by Crippen LogP contribution is -2.16. The third-order valence-corrected chi connectivity index (χ3v) is 5.10. The highest BCUT2D eigenvalue weighted by Crippen LogP contribution is 2.38. The molecule has 3 aromatic rings. The van der Waals surface area contributed by atoms with Crippen LogP contribution in [0.1, 0.15) is 5.56 Å². The van der Waals surface area contributed by atoms with Crippen LogP contribution in [0.4, 0.5) is 11.4 Å². The average molecular weight is 414 g/mol. The van der Waals surface area contributed by atoms with Crippen molar-refractivity contribution in [1.82, 2.24) is 4.57 Å². The largest absolute Gasteiger partial charge is 0.493 e. The van der Waals surface area contributed by atoms with Gasteiger partial charge in [-0.05, 0) is 42.5 Å². The normalized spacial score (nSPS) is 11.6. The zero-order valence-corrected chi connectivity index (χ0v) is 16.1. The molecule has 0 fully saturated rings. The summed E-state index contributed by atoms with van der Waals surface area (Å²) >= 11 is 5.09. The van der Waals surface area contributed by atoms with Crippen molar-refractivity contribution in [1.29, 1.82) is 5.26 Å². The molecular weight excluding hydrogens is 400 g/mol. The average Bonchev–Trinajstić information content (AvgIpc) is 2.89. The monoisotopic (exact) mass is 414 g/mol. The van der Waals surface area contributed by atoms with Crippen LogP contribution in [0.3, 0.4) is 0 Å². The third-order valence-electron chi connectivity index (χ3n) is 3.95. The standard InChI is InChI=1S/C17H14N6O3S2/c1-23-13-7-6-10(9-18)8-11(13)15(16(23)24)21-22-17(27)20-12-4-2-3-5-14(12)28(19,25)26/h2-8,24H,1H3,(H,20,27)(H2,19,25,26). The quantitative estimate of drug-likeness (QED) is 0.444. The number of azo groups is 1. The molecule has 1 heterocycles. The van der Waals surface area contributed by atoms with Crippen LogP contribution < -0.4 is 10.5 Å². The second-order valence-corrected chi connectivity index (χ2v) is 7.66. The van der Waals surface area contributed by atoms with Crippen LogP contribution in [0.25, 0.3) is 10.9 Å². The summed E-state index contributed by atoms with van der Waals surface area (Å²) in [5, 5.41) is 35.4. The van der Waals surface area contributed by atoms with Crippen molar-refractivity contribution in [2.24, 2.45) is 22.4 Å². The van der Waals surface area contributed by atoms with E-state index in [9.17, 15) is 13.5 Å². The number of nitrogens with two attached hydrogens (primary N) is 1. The Morgan fingerprint density at radius 1 is 1.32 bits per heavy atom. The van der Waals surface area contributed by atoms with Crippen molar-refractivity contribution >= 4 is 49.6 Å². The molecule has 142 valence electrons. The van der Waals surface area contributed by atoms with Gasteiger partial charge in [-0.25, -0.2) is 13.6 Å². The Kier molecular flexibility index (Phi) is 5.10. The van der Waals surface area contributed by atoms with Crippen LogP contribution in [0.2, 0.25) is 0 Å². The van der Waals surface area contributed by atoms with Crippen molar-refractivity contribution in [3.63, 3.8) is 0 Å². The van der Waals surface area contributed by atoms with E-state index < -0.39 is 10.0 Å². The Hall–Kier alpha value is -3.33. The van der Waals surface area contributed by atoms with Crippen molar-refractivity contribution in [2.75, 3.05) is 5.32 Å². The van der Waals surface area contributed by atoms with E-state index in [2.05, 4.69) is 15.5 Å². The summed E-state index contributed by atoms with van der Waals surface area (Å²) in [6.07, 6.45) is 0. The van der Waals surface area contributed by atoms with Crippen LogP contribution in [-0.2, 0) is 17.1 Å². The van der Waals surface area contributed by atoms with Crippen molar-refractivity contribution in [2.45, 2.75) is 4.90 Å². The SMILES string of the molecule is Cn1c(O)c(N=NC(=S)Nc2ccccc2S(N)(=O)=O)c2cc(C#N)ccc21. The van der Waals surface area contributed by atoms with Gasteiger partial charge in [-0.3, -0.25) is 0 Å². The third kappa shape index (κ3) is 3.70. The van der Waals surface area contributed by atoms with Crippen molar-refractivity contribution < 1.29 is 13.5 Å². The van der Waals surface area contributed by atoms with Gasteiger partial charge in [0.05, 0.1) is 22.8 Å². The molecule has 0 saturated carbocycles. The maximum atomic E-state index is 11.6. The molecule has 0 bridgehead atoms. The minimum atomic E-state index is -3.95. The zero-order chi connectivity index (χ0) is 20.5. The fraction of sp³-hybridized carbons (Fsp3) is 0.0588. The molecule has 28 heavy (non-hydrogen) atoms. The molecule has 4 N–H and O–H groups in total. The molecule has 1 aromatic heterocycles. The number of aromatic hydroxyl groups is 1. The van der Waals surface area contributed by atoms with Gasteiger partial charge in [-0.15, -0.1) is 10.2 Å². The fourth-order valence-corrected chi connectivity index (χ4v) is 3.48. The number of primary sulfonamides is 1. The van der Waals surface area contributed by atoms with Gasteiger partial charge < -0.3 is 15.0 Å². The molecule has 11 heteroatoms. The van der Waals surface area contributed by atoms with E-state index in [-0.39, 0.29) is 27.3 Å². The van der Waals surface area contributed by atoms with E-state index in [0.717, 1.165) is 0 Å². The number of aryl methyl sites for hydroxylation is 1. The summed E-state index contributed by atoms with van der Waals surface area (Å²) in [4.78, 5) is -0.140. The number of para-hydroxylation sites is 1. The van der Waals surface area contributed by atoms with E-state index >= 15 is 0 Å². The Morgan fingerprint density at radius 2 is 2.04 bits per heavy atom. The summed E-state index contributed by atoms with van der Waals surface area (Å²) in [7, 11) is -2.31. The molecule has 3 rings (SSSR count). The number of sulfonamides is 1. The number of nitriles is 1. The molecular formula is C17H14N6O3S2. The lowest BCUT2D eigenvalue weighted by atomic mass is 10.1. The van der Waals surface area contributed by atoms with Crippen LogP contribution in [0.15, 0.2) is 57.6 Å². The zero-order valence-electron chi connectivity index (χ0n) is 14.5. The van der Waals surface area contributed by atoms with Gasteiger partial charge in [0.15, 0.2) is 5.69 Å². The molecule has 9 nitrogen and oxygen atoms in total. The molecule has 0 unspecified atom stereocenters. The first kappa shape index (κ1) is 19.4. The van der Waals surface area contributed by atoms with Gasteiger partial charge in [0.25, 0.3) is 0 Å².